The number of ketones is 1. The number of anilines is 1. The first-order valence-corrected chi connectivity index (χ1v) is 8.43. The molecule has 7 heteroatoms. The summed E-state index contributed by atoms with van der Waals surface area (Å²) in [6.45, 7) is 4.97. The second-order valence-electron chi connectivity index (χ2n) is 6.16. The zero-order valence-corrected chi connectivity index (χ0v) is 13.9. The van der Waals surface area contributed by atoms with Crippen LogP contribution in [0.5, 0.6) is 0 Å². The molecule has 1 aromatic heterocycles. The van der Waals surface area contributed by atoms with Crippen molar-refractivity contribution in [1.82, 2.24) is 9.88 Å². The number of Topliss-reactive ketones (excluding diaryl/α,β-unsaturated/α-hetero) is 1. The fourth-order valence-electron chi connectivity index (χ4n) is 2.91. The van der Waals surface area contributed by atoms with Gasteiger partial charge >= 0.3 is 5.97 Å². The van der Waals surface area contributed by atoms with Crippen LogP contribution >= 0.6 is 0 Å². The van der Waals surface area contributed by atoms with E-state index in [9.17, 15) is 9.59 Å². The number of piperazine rings is 1. The Kier molecular flexibility index (Phi) is 7.14. The number of aliphatic carboxylic acids is 1. The third kappa shape index (κ3) is 5.90. The highest BCUT2D eigenvalue weighted by Crippen LogP contribution is 2.15. The van der Waals surface area contributed by atoms with Crippen LogP contribution in [0.1, 0.15) is 25.7 Å². The third-order valence-corrected chi connectivity index (χ3v) is 4.36. The number of hydrogen-bond donors (Lipinski definition) is 2. The molecule has 2 rings (SSSR count). The van der Waals surface area contributed by atoms with Crippen LogP contribution < -0.4 is 10.6 Å². The van der Waals surface area contributed by atoms with Crippen LogP contribution in [0.2, 0.25) is 0 Å². The van der Waals surface area contributed by atoms with Gasteiger partial charge in [0, 0.05) is 50.7 Å². The van der Waals surface area contributed by atoms with Crippen LogP contribution in [0.3, 0.4) is 0 Å². The van der Waals surface area contributed by atoms with Gasteiger partial charge in [-0.3, -0.25) is 19.5 Å². The highest BCUT2D eigenvalue weighted by atomic mass is 16.4. The Bertz CT molecular complexity index is 530. The first-order valence-electron chi connectivity index (χ1n) is 8.43. The maximum Gasteiger partial charge on any atom is 0.305 e. The molecule has 1 aromatic rings. The molecule has 1 unspecified atom stereocenters. The zero-order valence-electron chi connectivity index (χ0n) is 13.9. The average Bonchev–Trinajstić information content (AvgIpc) is 2.59. The van der Waals surface area contributed by atoms with Gasteiger partial charge in [0.2, 0.25) is 0 Å². The number of pyridine rings is 1. The summed E-state index contributed by atoms with van der Waals surface area (Å²) in [5, 5.41) is 8.63. The van der Waals surface area contributed by atoms with Crippen molar-refractivity contribution in [3.8, 4) is 0 Å². The lowest BCUT2D eigenvalue weighted by Gasteiger charge is -2.36. The molecule has 0 saturated carbocycles. The normalized spacial score (nSPS) is 16.8. The maximum absolute atomic E-state index is 11.7. The van der Waals surface area contributed by atoms with Crippen molar-refractivity contribution in [1.29, 1.82) is 0 Å². The van der Waals surface area contributed by atoms with Crippen molar-refractivity contribution in [2.75, 3.05) is 37.6 Å². The van der Waals surface area contributed by atoms with E-state index in [-0.39, 0.29) is 12.2 Å². The third-order valence-electron chi connectivity index (χ3n) is 4.36. The second-order valence-corrected chi connectivity index (χ2v) is 6.16. The number of rotatable bonds is 9. The van der Waals surface area contributed by atoms with Crippen molar-refractivity contribution in [3.63, 3.8) is 0 Å². The lowest BCUT2D eigenvalue weighted by molar-refractivity contribution is -0.139. The summed E-state index contributed by atoms with van der Waals surface area (Å²) in [5.74, 6) is -1.18. The fourth-order valence-corrected chi connectivity index (χ4v) is 2.91. The number of carboxylic acids is 1. The van der Waals surface area contributed by atoms with Gasteiger partial charge in [0.05, 0.1) is 12.5 Å². The number of carbonyl (C=O) groups is 2. The van der Waals surface area contributed by atoms with E-state index in [4.69, 9.17) is 10.8 Å². The lowest BCUT2D eigenvalue weighted by Crippen LogP contribution is -2.46. The standard InChI is InChI=1S/C17H26N4O3/c18-15(13-17(23)24)16(22)3-1-2-8-20-9-11-21(12-10-20)14-4-6-19-7-5-14/h4-7,15H,1-3,8-13,18H2,(H,23,24). The number of aromatic nitrogens is 1. The molecule has 0 radical (unpaired) electrons. The molecule has 0 spiro atoms. The molecule has 1 atom stereocenters. The Labute approximate surface area is 142 Å². The molecular weight excluding hydrogens is 308 g/mol. The smallest absolute Gasteiger partial charge is 0.305 e. The first-order chi connectivity index (χ1) is 11.6. The van der Waals surface area contributed by atoms with Crippen molar-refractivity contribution < 1.29 is 14.7 Å². The summed E-state index contributed by atoms with van der Waals surface area (Å²) in [6.07, 6.45) is 5.40. The van der Waals surface area contributed by atoms with Gasteiger partial charge in [-0.2, -0.15) is 0 Å². The van der Waals surface area contributed by atoms with Gasteiger partial charge in [0.15, 0.2) is 0 Å². The van der Waals surface area contributed by atoms with Crippen molar-refractivity contribution in [3.05, 3.63) is 24.5 Å². The van der Waals surface area contributed by atoms with E-state index in [2.05, 4.69) is 14.8 Å². The molecule has 7 nitrogen and oxygen atoms in total. The number of carbonyl (C=O) groups excluding carboxylic acids is 1. The van der Waals surface area contributed by atoms with Crippen LogP contribution in [0, 0.1) is 0 Å². The van der Waals surface area contributed by atoms with Crippen molar-refractivity contribution in [2.24, 2.45) is 5.73 Å². The van der Waals surface area contributed by atoms with Crippen molar-refractivity contribution in [2.45, 2.75) is 31.7 Å². The number of nitrogens with zero attached hydrogens (tertiary/aromatic N) is 3. The van der Waals surface area contributed by atoms with Gasteiger partial charge in [-0.15, -0.1) is 0 Å². The molecule has 0 amide bonds. The first kappa shape index (κ1) is 18.4. The molecule has 0 bridgehead atoms. The highest BCUT2D eigenvalue weighted by Gasteiger charge is 2.18. The molecule has 1 saturated heterocycles. The minimum atomic E-state index is -1.03. The Hall–Kier alpha value is -1.99. The highest BCUT2D eigenvalue weighted by molar-refractivity contribution is 5.87. The number of carboxylic acid groups (broad SMARTS) is 1. The van der Waals surface area contributed by atoms with Crippen molar-refractivity contribution >= 4 is 17.4 Å². The Morgan fingerprint density at radius 2 is 1.83 bits per heavy atom. The van der Waals surface area contributed by atoms with E-state index in [1.165, 1.54) is 5.69 Å². The summed E-state index contributed by atoms with van der Waals surface area (Å²) >= 11 is 0. The topological polar surface area (TPSA) is 99.8 Å². The minimum absolute atomic E-state index is 0.153. The number of nitrogens with two attached hydrogens (primary N) is 1. The Morgan fingerprint density at radius 3 is 2.46 bits per heavy atom. The molecule has 1 aliphatic heterocycles. The summed E-state index contributed by atoms with van der Waals surface area (Å²) in [5.41, 5.74) is 6.77. The van der Waals surface area contributed by atoms with E-state index in [1.807, 2.05) is 24.5 Å². The molecule has 132 valence electrons. The summed E-state index contributed by atoms with van der Waals surface area (Å²) in [7, 11) is 0. The lowest BCUT2D eigenvalue weighted by atomic mass is 10.0. The molecule has 24 heavy (non-hydrogen) atoms. The molecule has 2 heterocycles. The van der Waals surface area contributed by atoms with E-state index in [0.717, 1.165) is 45.6 Å². The number of hydrogen-bond acceptors (Lipinski definition) is 6. The van der Waals surface area contributed by atoms with Gasteiger partial charge in [-0.05, 0) is 31.5 Å². The van der Waals surface area contributed by atoms with Gasteiger partial charge < -0.3 is 15.7 Å². The monoisotopic (exact) mass is 334 g/mol. The molecule has 1 aliphatic rings. The van der Waals surface area contributed by atoms with Crippen LogP contribution in [0.15, 0.2) is 24.5 Å². The molecule has 3 N–H and O–H groups in total. The fraction of sp³-hybridized carbons (Fsp3) is 0.588. The zero-order chi connectivity index (χ0) is 17.4. The molecule has 0 aliphatic carbocycles. The van der Waals surface area contributed by atoms with E-state index in [0.29, 0.717) is 6.42 Å². The van der Waals surface area contributed by atoms with E-state index < -0.39 is 12.0 Å². The second kappa shape index (κ2) is 9.34. The molecular formula is C17H26N4O3. The van der Waals surface area contributed by atoms with Crippen LogP contribution in [0.4, 0.5) is 5.69 Å². The van der Waals surface area contributed by atoms with E-state index >= 15 is 0 Å². The van der Waals surface area contributed by atoms with Gasteiger partial charge in [-0.25, -0.2) is 0 Å². The molecule has 0 aromatic carbocycles. The van der Waals surface area contributed by atoms with Gasteiger partial charge in [0.1, 0.15) is 5.78 Å². The average molecular weight is 334 g/mol. The Balaban J connectivity index is 1.60. The SMILES string of the molecule is NC(CC(=O)O)C(=O)CCCCN1CCN(c2ccncc2)CC1. The largest absolute Gasteiger partial charge is 0.481 e. The number of unbranched alkanes of at least 4 members (excludes halogenated alkanes) is 1. The summed E-state index contributed by atoms with van der Waals surface area (Å²) in [6, 6.07) is 3.19. The van der Waals surface area contributed by atoms with Crippen LogP contribution in [-0.4, -0.2) is 65.5 Å². The summed E-state index contributed by atoms with van der Waals surface area (Å²) in [4.78, 5) is 31.0. The molecule has 1 fully saturated rings. The van der Waals surface area contributed by atoms with Gasteiger partial charge in [-0.1, -0.05) is 0 Å². The predicted molar refractivity (Wildman–Crippen MR) is 92.0 cm³/mol. The summed E-state index contributed by atoms with van der Waals surface area (Å²) < 4.78 is 0. The quantitative estimate of drug-likeness (QED) is 0.643. The minimum Gasteiger partial charge on any atom is -0.481 e. The van der Waals surface area contributed by atoms with Crippen LogP contribution in [0.25, 0.3) is 0 Å². The van der Waals surface area contributed by atoms with E-state index in [1.54, 1.807) is 0 Å². The van der Waals surface area contributed by atoms with Crippen LogP contribution in [-0.2, 0) is 9.59 Å². The van der Waals surface area contributed by atoms with Gasteiger partial charge in [0.25, 0.3) is 0 Å². The maximum atomic E-state index is 11.7. The Morgan fingerprint density at radius 1 is 1.17 bits per heavy atom. The predicted octanol–water partition coefficient (Wildman–Crippen LogP) is 0.745.